The van der Waals surface area contributed by atoms with Crippen LogP contribution in [0.2, 0.25) is 0 Å². The fourth-order valence-electron chi connectivity index (χ4n) is 3.48. The van der Waals surface area contributed by atoms with Crippen molar-refractivity contribution in [3.05, 3.63) is 71.2 Å². The molecule has 28 heavy (non-hydrogen) atoms. The fourth-order valence-corrected chi connectivity index (χ4v) is 3.48. The van der Waals surface area contributed by atoms with Gasteiger partial charge in [-0.2, -0.15) is 0 Å². The van der Waals surface area contributed by atoms with Crippen molar-refractivity contribution >= 4 is 5.71 Å². The largest absolute Gasteiger partial charge is 0.496 e. The predicted octanol–water partition coefficient (Wildman–Crippen LogP) is 3.82. The Bertz CT molecular complexity index is 1020. The Balaban J connectivity index is 1.64. The molecule has 0 saturated heterocycles. The van der Waals surface area contributed by atoms with E-state index < -0.39 is 0 Å². The van der Waals surface area contributed by atoms with Crippen molar-refractivity contribution in [2.24, 2.45) is 5.16 Å². The van der Waals surface area contributed by atoms with E-state index in [1.54, 1.807) is 14.2 Å². The topological polar surface area (TPSA) is 69.5 Å². The van der Waals surface area contributed by atoms with E-state index >= 15 is 0 Å². The van der Waals surface area contributed by atoms with E-state index in [1.807, 2.05) is 42.6 Å². The molecule has 6 heteroatoms. The second kappa shape index (κ2) is 8.17. The van der Waals surface area contributed by atoms with Crippen LogP contribution >= 0.6 is 0 Å². The molecule has 3 aromatic rings. The van der Waals surface area contributed by atoms with Crippen molar-refractivity contribution in [2.75, 3.05) is 14.2 Å². The minimum absolute atomic E-state index is 0.638. The smallest absolute Gasteiger partial charge is 0.178 e. The van der Waals surface area contributed by atoms with Crippen LogP contribution in [0, 0.1) is 0 Å². The monoisotopic (exact) mass is 374 g/mol. The molecule has 0 N–H and O–H groups in total. The molecule has 142 valence electrons. The predicted molar refractivity (Wildman–Crippen MR) is 108 cm³/mol. The molecule has 1 aliphatic carbocycles. The van der Waals surface area contributed by atoms with Gasteiger partial charge in [0.25, 0.3) is 0 Å². The first kappa shape index (κ1) is 18.1. The second-order valence-corrected chi connectivity index (χ2v) is 6.63. The molecule has 0 aliphatic heterocycles. The normalized spacial score (nSPS) is 14.6. The number of nitrogens with zero attached hydrogens (tertiary/aromatic N) is 4. The van der Waals surface area contributed by atoms with Crippen LogP contribution in [0.4, 0.5) is 0 Å². The van der Waals surface area contributed by atoms with Gasteiger partial charge in [-0.05, 0) is 37.5 Å². The molecule has 1 aromatic carbocycles. The van der Waals surface area contributed by atoms with Gasteiger partial charge in [-0.1, -0.05) is 29.4 Å². The number of methoxy groups -OCH3 is 1. The molecule has 2 heterocycles. The molecule has 0 fully saturated rings. The quantitative estimate of drug-likeness (QED) is 0.635. The van der Waals surface area contributed by atoms with Gasteiger partial charge in [0.1, 0.15) is 18.6 Å². The van der Waals surface area contributed by atoms with E-state index in [9.17, 15) is 0 Å². The Kier molecular flexibility index (Phi) is 5.28. The second-order valence-electron chi connectivity index (χ2n) is 6.63. The van der Waals surface area contributed by atoms with Crippen molar-refractivity contribution in [1.82, 2.24) is 15.0 Å². The number of para-hydroxylation sites is 1. The minimum atomic E-state index is 0.638. The summed E-state index contributed by atoms with van der Waals surface area (Å²) in [7, 11) is 3.25. The summed E-state index contributed by atoms with van der Waals surface area (Å²) in [6.07, 6.45) is 5.33. The molecular formula is C22H22N4O2. The Morgan fingerprint density at radius 2 is 1.89 bits per heavy atom. The number of hydrogen-bond acceptors (Lipinski definition) is 6. The van der Waals surface area contributed by atoms with Crippen molar-refractivity contribution in [2.45, 2.75) is 25.7 Å². The molecule has 6 nitrogen and oxygen atoms in total. The summed E-state index contributed by atoms with van der Waals surface area (Å²) < 4.78 is 5.45. The van der Waals surface area contributed by atoms with E-state index in [0.717, 1.165) is 58.9 Å². The zero-order valence-corrected chi connectivity index (χ0v) is 16.1. The molecule has 2 aromatic heterocycles. The Morgan fingerprint density at radius 1 is 1.00 bits per heavy atom. The minimum Gasteiger partial charge on any atom is -0.496 e. The molecule has 0 amide bonds. The molecule has 1 aliphatic rings. The summed E-state index contributed by atoms with van der Waals surface area (Å²) in [5, 5.41) is 4.11. The molecule has 0 atom stereocenters. The molecule has 0 unspecified atom stereocenters. The van der Waals surface area contributed by atoms with Crippen LogP contribution in [0.3, 0.4) is 0 Å². The van der Waals surface area contributed by atoms with Gasteiger partial charge in [-0.3, -0.25) is 0 Å². The first-order chi connectivity index (χ1) is 13.8. The maximum absolute atomic E-state index is 5.45. The molecule has 4 rings (SSSR count). The number of aryl methyl sites for hydroxylation is 1. The molecule has 0 spiro atoms. The van der Waals surface area contributed by atoms with Crippen molar-refractivity contribution in [3.8, 4) is 17.3 Å². The number of pyridine rings is 1. The van der Waals surface area contributed by atoms with Crippen LogP contribution in [0.5, 0.6) is 5.75 Å². The third-order valence-electron chi connectivity index (χ3n) is 4.81. The highest BCUT2D eigenvalue weighted by molar-refractivity contribution is 6.01. The fraction of sp³-hybridized carbons (Fsp3) is 0.273. The molecule has 0 saturated carbocycles. The van der Waals surface area contributed by atoms with E-state index in [-0.39, 0.29) is 0 Å². The average Bonchev–Trinajstić information content (AvgIpc) is 2.74. The first-order valence-electron chi connectivity index (χ1n) is 9.33. The van der Waals surface area contributed by atoms with E-state index in [1.165, 1.54) is 0 Å². The summed E-state index contributed by atoms with van der Waals surface area (Å²) in [6.45, 7) is 0. The number of benzene rings is 1. The number of rotatable bonds is 5. The highest BCUT2D eigenvalue weighted by Gasteiger charge is 2.19. The summed E-state index contributed by atoms with van der Waals surface area (Å²) >= 11 is 0. The summed E-state index contributed by atoms with van der Waals surface area (Å²) in [6, 6.07) is 13.9. The SMILES string of the molecule is CO/N=C1\CCCc2nc(-c3cccc(Cc4ccccc4OC)n3)ncc21. The summed E-state index contributed by atoms with van der Waals surface area (Å²) in [5.41, 5.74) is 5.71. The van der Waals surface area contributed by atoms with Gasteiger partial charge in [-0.15, -0.1) is 0 Å². The van der Waals surface area contributed by atoms with Crippen molar-refractivity contribution in [3.63, 3.8) is 0 Å². The van der Waals surface area contributed by atoms with E-state index in [2.05, 4.69) is 16.2 Å². The zero-order valence-electron chi connectivity index (χ0n) is 16.1. The van der Waals surface area contributed by atoms with Crippen LogP contribution in [0.25, 0.3) is 11.5 Å². The lowest BCUT2D eigenvalue weighted by Gasteiger charge is -2.16. The van der Waals surface area contributed by atoms with Crippen LogP contribution < -0.4 is 4.74 Å². The highest BCUT2D eigenvalue weighted by atomic mass is 16.6. The van der Waals surface area contributed by atoms with Gasteiger partial charge in [0, 0.05) is 29.4 Å². The van der Waals surface area contributed by atoms with Gasteiger partial charge in [0.2, 0.25) is 0 Å². The maximum Gasteiger partial charge on any atom is 0.178 e. The lowest BCUT2D eigenvalue weighted by molar-refractivity contribution is 0.212. The summed E-state index contributed by atoms with van der Waals surface area (Å²) in [4.78, 5) is 19.0. The average molecular weight is 374 g/mol. The van der Waals surface area contributed by atoms with Gasteiger partial charge >= 0.3 is 0 Å². The first-order valence-corrected chi connectivity index (χ1v) is 9.33. The molecule has 0 bridgehead atoms. The number of oxime groups is 1. The number of fused-ring (bicyclic) bond motifs is 1. The van der Waals surface area contributed by atoms with Crippen molar-refractivity contribution < 1.29 is 9.57 Å². The van der Waals surface area contributed by atoms with Gasteiger partial charge in [0.05, 0.1) is 18.5 Å². The van der Waals surface area contributed by atoms with Crippen LogP contribution in [-0.2, 0) is 17.7 Å². The van der Waals surface area contributed by atoms with Crippen molar-refractivity contribution in [1.29, 1.82) is 0 Å². The standard InChI is InChI=1S/C22H22N4O2/c1-27-21-12-4-3-7-15(21)13-16-8-5-11-20(24-16)22-23-14-17-18(25-22)9-6-10-19(17)26-28-2/h3-5,7-8,11-12,14H,6,9-10,13H2,1-2H3/b26-19+. The molecule has 0 radical (unpaired) electrons. The lowest BCUT2D eigenvalue weighted by atomic mass is 9.95. The maximum atomic E-state index is 5.45. The highest BCUT2D eigenvalue weighted by Crippen LogP contribution is 2.24. The number of hydrogen-bond donors (Lipinski definition) is 0. The van der Waals surface area contributed by atoms with Crippen LogP contribution in [0.1, 0.15) is 35.4 Å². The Labute approximate surface area is 164 Å². The van der Waals surface area contributed by atoms with Gasteiger partial charge in [-0.25, -0.2) is 15.0 Å². The van der Waals surface area contributed by atoms with Crippen LogP contribution in [-0.4, -0.2) is 34.9 Å². The Morgan fingerprint density at radius 3 is 2.75 bits per heavy atom. The summed E-state index contributed by atoms with van der Waals surface area (Å²) in [5.74, 6) is 1.50. The zero-order chi connectivity index (χ0) is 19.3. The van der Waals surface area contributed by atoms with E-state index in [4.69, 9.17) is 19.5 Å². The van der Waals surface area contributed by atoms with Gasteiger partial charge < -0.3 is 9.57 Å². The van der Waals surface area contributed by atoms with Gasteiger partial charge in [0.15, 0.2) is 5.82 Å². The Hall–Kier alpha value is -3.28. The van der Waals surface area contributed by atoms with Crippen LogP contribution in [0.15, 0.2) is 53.8 Å². The number of aromatic nitrogens is 3. The molecular weight excluding hydrogens is 352 g/mol. The third-order valence-corrected chi connectivity index (χ3v) is 4.81. The third kappa shape index (κ3) is 3.71. The lowest BCUT2D eigenvalue weighted by Crippen LogP contribution is -2.15. The number of ether oxygens (including phenoxy) is 1. The van der Waals surface area contributed by atoms with E-state index in [0.29, 0.717) is 12.2 Å².